The van der Waals surface area contributed by atoms with Gasteiger partial charge in [0, 0.05) is 15.3 Å². The third-order valence-corrected chi connectivity index (χ3v) is 3.56. The van der Waals surface area contributed by atoms with Crippen molar-refractivity contribution in [3.8, 4) is 11.3 Å². The maximum absolute atomic E-state index is 12.8. The van der Waals surface area contributed by atoms with Crippen LogP contribution in [0.4, 0.5) is 4.39 Å². The molecule has 2 rings (SSSR count). The number of benzene rings is 1. The van der Waals surface area contributed by atoms with E-state index in [0.29, 0.717) is 0 Å². The molecule has 0 aliphatic heterocycles. The van der Waals surface area contributed by atoms with E-state index in [1.165, 1.54) is 17.7 Å². The molecule has 2 aromatic rings. The van der Waals surface area contributed by atoms with Crippen LogP contribution in [-0.4, -0.2) is 4.98 Å². The molecule has 0 N–H and O–H groups in total. The maximum atomic E-state index is 12.8. The molecule has 0 saturated heterocycles. The molecule has 1 nitrogen and oxygen atoms in total. The van der Waals surface area contributed by atoms with Gasteiger partial charge in [-0.05, 0) is 65.4 Å². The molecule has 3 heteroatoms. The number of aromatic nitrogens is 1. The highest BCUT2D eigenvalue weighted by Crippen LogP contribution is 2.25. The molecule has 0 atom stereocenters. The largest absolute Gasteiger partial charge is 0.255 e. The molecule has 0 unspecified atom stereocenters. The summed E-state index contributed by atoms with van der Waals surface area (Å²) in [5.74, 6) is -0.221. The quantitative estimate of drug-likeness (QED) is 0.730. The number of rotatable bonds is 1. The van der Waals surface area contributed by atoms with Crippen LogP contribution in [0.3, 0.4) is 0 Å². The van der Waals surface area contributed by atoms with Crippen LogP contribution in [0.5, 0.6) is 0 Å². The van der Waals surface area contributed by atoms with Gasteiger partial charge in [-0.2, -0.15) is 0 Å². The minimum atomic E-state index is -0.221. The zero-order chi connectivity index (χ0) is 10.8. The predicted octanol–water partition coefficient (Wildman–Crippen LogP) is 3.80. The fraction of sp³-hybridized carbons (Fsp3) is 0.0833. The average Bonchev–Trinajstić information content (AvgIpc) is 2.24. The third kappa shape index (κ3) is 2.17. The van der Waals surface area contributed by atoms with Crippen LogP contribution >= 0.6 is 22.6 Å². The van der Waals surface area contributed by atoms with Crippen LogP contribution in [0.25, 0.3) is 11.3 Å². The lowest BCUT2D eigenvalue weighted by atomic mass is 10.1. The first-order chi connectivity index (χ1) is 7.18. The molecule has 0 saturated carbocycles. The van der Waals surface area contributed by atoms with E-state index in [-0.39, 0.29) is 5.82 Å². The lowest BCUT2D eigenvalue weighted by Gasteiger charge is -2.05. The highest BCUT2D eigenvalue weighted by molar-refractivity contribution is 14.1. The van der Waals surface area contributed by atoms with Crippen molar-refractivity contribution in [2.24, 2.45) is 0 Å². The van der Waals surface area contributed by atoms with E-state index < -0.39 is 0 Å². The third-order valence-electron chi connectivity index (χ3n) is 2.20. The molecule has 76 valence electrons. The Labute approximate surface area is 102 Å². The van der Waals surface area contributed by atoms with E-state index in [9.17, 15) is 4.39 Å². The number of pyridine rings is 1. The minimum Gasteiger partial charge on any atom is -0.255 e. The summed E-state index contributed by atoms with van der Waals surface area (Å²) in [6.45, 7) is 2.04. The summed E-state index contributed by atoms with van der Waals surface area (Å²) < 4.78 is 13.9. The van der Waals surface area contributed by atoms with Gasteiger partial charge in [-0.25, -0.2) is 4.39 Å². The maximum Gasteiger partial charge on any atom is 0.123 e. The number of nitrogens with zero attached hydrogens (tertiary/aromatic N) is 1. The molecular weight excluding hydrogens is 304 g/mol. The Balaban J connectivity index is 2.54. The van der Waals surface area contributed by atoms with Gasteiger partial charge in [0.1, 0.15) is 5.82 Å². The van der Waals surface area contributed by atoms with E-state index in [1.807, 2.05) is 13.0 Å². The van der Waals surface area contributed by atoms with Gasteiger partial charge >= 0.3 is 0 Å². The van der Waals surface area contributed by atoms with E-state index in [4.69, 9.17) is 0 Å². The van der Waals surface area contributed by atoms with Gasteiger partial charge in [0.05, 0.1) is 5.69 Å². The summed E-state index contributed by atoms with van der Waals surface area (Å²) in [5, 5.41) is 0. The molecule has 15 heavy (non-hydrogen) atoms. The normalized spacial score (nSPS) is 10.3. The van der Waals surface area contributed by atoms with Crippen LogP contribution in [0.15, 0.2) is 36.5 Å². The van der Waals surface area contributed by atoms with Crippen molar-refractivity contribution < 1.29 is 4.39 Å². The van der Waals surface area contributed by atoms with E-state index in [1.54, 1.807) is 18.3 Å². The van der Waals surface area contributed by atoms with Crippen LogP contribution < -0.4 is 0 Å². The molecule has 0 fully saturated rings. The summed E-state index contributed by atoms with van der Waals surface area (Å²) >= 11 is 2.26. The smallest absolute Gasteiger partial charge is 0.123 e. The molecule has 1 aromatic carbocycles. The lowest BCUT2D eigenvalue weighted by Crippen LogP contribution is -1.90. The Bertz CT molecular complexity index is 479. The standard InChI is InChI=1S/C12H9FIN/c1-8-6-7-15-12(11(8)14)9-2-4-10(13)5-3-9/h2-7H,1H3. The van der Waals surface area contributed by atoms with Crippen molar-refractivity contribution >= 4 is 22.6 Å². The second-order valence-electron chi connectivity index (χ2n) is 3.30. The number of hydrogen-bond acceptors (Lipinski definition) is 1. The van der Waals surface area contributed by atoms with Gasteiger partial charge in [0.2, 0.25) is 0 Å². The Morgan fingerprint density at radius 2 is 1.80 bits per heavy atom. The van der Waals surface area contributed by atoms with Gasteiger partial charge < -0.3 is 0 Å². The first-order valence-electron chi connectivity index (χ1n) is 4.55. The molecule has 0 bridgehead atoms. The molecular formula is C12H9FIN. The molecule has 0 spiro atoms. The Hall–Kier alpha value is -0.970. The molecule has 0 aliphatic carbocycles. The van der Waals surface area contributed by atoms with E-state index >= 15 is 0 Å². The SMILES string of the molecule is Cc1ccnc(-c2ccc(F)cc2)c1I. The summed E-state index contributed by atoms with van der Waals surface area (Å²) in [6.07, 6.45) is 1.77. The van der Waals surface area contributed by atoms with Crippen molar-refractivity contribution in [1.82, 2.24) is 4.98 Å². The van der Waals surface area contributed by atoms with Gasteiger partial charge in [-0.1, -0.05) is 0 Å². The van der Waals surface area contributed by atoms with Crippen molar-refractivity contribution in [1.29, 1.82) is 0 Å². The number of halogens is 2. The predicted molar refractivity (Wildman–Crippen MR) is 67.1 cm³/mol. The number of aryl methyl sites for hydroxylation is 1. The second kappa shape index (κ2) is 4.26. The first kappa shape index (κ1) is 10.5. The summed E-state index contributed by atoms with van der Waals surface area (Å²) in [5.41, 5.74) is 3.05. The number of hydrogen-bond donors (Lipinski definition) is 0. The summed E-state index contributed by atoms with van der Waals surface area (Å²) in [4.78, 5) is 4.31. The molecule has 0 radical (unpaired) electrons. The van der Waals surface area contributed by atoms with E-state index in [0.717, 1.165) is 14.8 Å². The fourth-order valence-corrected chi connectivity index (χ4v) is 1.98. The molecule has 1 heterocycles. The fourth-order valence-electron chi connectivity index (χ4n) is 1.35. The molecule has 0 amide bonds. The van der Waals surface area contributed by atoms with Crippen LogP contribution in [0.2, 0.25) is 0 Å². The topological polar surface area (TPSA) is 12.9 Å². The Morgan fingerprint density at radius 1 is 1.13 bits per heavy atom. The Kier molecular flexibility index (Phi) is 3.00. The lowest BCUT2D eigenvalue weighted by molar-refractivity contribution is 0.628. The van der Waals surface area contributed by atoms with Crippen LogP contribution in [0, 0.1) is 16.3 Å². The van der Waals surface area contributed by atoms with Gasteiger partial charge in [0.15, 0.2) is 0 Å². The summed E-state index contributed by atoms with van der Waals surface area (Å²) in [7, 11) is 0. The molecule has 0 aliphatic rings. The molecule has 1 aromatic heterocycles. The van der Waals surface area contributed by atoms with Gasteiger partial charge in [-0.15, -0.1) is 0 Å². The van der Waals surface area contributed by atoms with Crippen molar-refractivity contribution in [2.45, 2.75) is 6.92 Å². The van der Waals surface area contributed by atoms with Gasteiger partial charge in [-0.3, -0.25) is 4.98 Å². The first-order valence-corrected chi connectivity index (χ1v) is 5.63. The van der Waals surface area contributed by atoms with Crippen molar-refractivity contribution in [3.05, 3.63) is 51.5 Å². The average molecular weight is 313 g/mol. The van der Waals surface area contributed by atoms with E-state index in [2.05, 4.69) is 27.6 Å². The Morgan fingerprint density at radius 3 is 2.47 bits per heavy atom. The van der Waals surface area contributed by atoms with Crippen molar-refractivity contribution in [2.75, 3.05) is 0 Å². The van der Waals surface area contributed by atoms with Crippen molar-refractivity contribution in [3.63, 3.8) is 0 Å². The highest BCUT2D eigenvalue weighted by atomic mass is 127. The zero-order valence-electron chi connectivity index (χ0n) is 8.17. The summed E-state index contributed by atoms with van der Waals surface area (Å²) in [6, 6.07) is 8.37. The second-order valence-corrected chi connectivity index (χ2v) is 4.38. The van der Waals surface area contributed by atoms with Crippen LogP contribution in [-0.2, 0) is 0 Å². The zero-order valence-corrected chi connectivity index (χ0v) is 10.3. The van der Waals surface area contributed by atoms with Crippen LogP contribution in [0.1, 0.15) is 5.56 Å². The monoisotopic (exact) mass is 313 g/mol. The minimum absolute atomic E-state index is 0.221. The highest BCUT2D eigenvalue weighted by Gasteiger charge is 2.06. The van der Waals surface area contributed by atoms with Gasteiger partial charge in [0.25, 0.3) is 0 Å².